The number of rotatable bonds is 3. The molecule has 2 aromatic rings. The summed E-state index contributed by atoms with van der Waals surface area (Å²) in [5, 5.41) is 2.41. The van der Waals surface area contributed by atoms with Crippen molar-refractivity contribution in [1.82, 2.24) is 0 Å². The molecule has 0 aromatic heterocycles. The zero-order chi connectivity index (χ0) is 10.7. The van der Waals surface area contributed by atoms with E-state index < -0.39 is 7.66 Å². The molecule has 0 amide bonds. The molecule has 4 heteroatoms. The van der Waals surface area contributed by atoms with Gasteiger partial charge in [0, 0.05) is 0 Å². The van der Waals surface area contributed by atoms with Gasteiger partial charge >= 0.3 is 7.66 Å². The van der Waals surface area contributed by atoms with E-state index in [0.717, 1.165) is 5.56 Å². The molecule has 0 unspecified atom stereocenters. The SMILES string of the molecule is Cl[SiH](Cl)OCc1cccc2ccccc12. The zero-order valence-corrected chi connectivity index (χ0v) is 10.7. The molecular weight excluding hydrogens is 247 g/mol. The summed E-state index contributed by atoms with van der Waals surface area (Å²) in [5.41, 5.74) is 1.13. The van der Waals surface area contributed by atoms with E-state index in [1.807, 2.05) is 24.3 Å². The van der Waals surface area contributed by atoms with Crippen molar-refractivity contribution in [3.63, 3.8) is 0 Å². The second-order valence-corrected chi connectivity index (χ2v) is 7.11. The number of halogens is 2. The van der Waals surface area contributed by atoms with Gasteiger partial charge in [0.1, 0.15) is 0 Å². The van der Waals surface area contributed by atoms with E-state index in [0.29, 0.717) is 6.61 Å². The fourth-order valence-corrected chi connectivity index (χ4v) is 2.25. The summed E-state index contributed by atoms with van der Waals surface area (Å²) in [6, 6.07) is 14.3. The predicted octanol–water partition coefficient (Wildman–Crippen LogP) is 3.55. The highest BCUT2D eigenvalue weighted by Gasteiger charge is 2.04. The summed E-state index contributed by atoms with van der Waals surface area (Å²) in [4.78, 5) is 0. The van der Waals surface area contributed by atoms with Crippen molar-refractivity contribution in [2.24, 2.45) is 0 Å². The highest BCUT2D eigenvalue weighted by atomic mass is 35.7. The van der Waals surface area contributed by atoms with Gasteiger partial charge in [-0.1, -0.05) is 42.5 Å². The quantitative estimate of drug-likeness (QED) is 0.603. The van der Waals surface area contributed by atoms with Gasteiger partial charge in [0.25, 0.3) is 0 Å². The van der Waals surface area contributed by atoms with Crippen LogP contribution in [0.15, 0.2) is 42.5 Å². The topological polar surface area (TPSA) is 9.23 Å². The van der Waals surface area contributed by atoms with E-state index in [-0.39, 0.29) is 0 Å². The Morgan fingerprint density at radius 1 is 1.00 bits per heavy atom. The molecular formula is C11H10Cl2OSi. The Morgan fingerprint density at radius 3 is 2.53 bits per heavy atom. The maximum Gasteiger partial charge on any atom is 0.373 e. The Balaban J connectivity index is 2.34. The molecule has 0 aliphatic heterocycles. The van der Waals surface area contributed by atoms with Crippen molar-refractivity contribution in [2.75, 3.05) is 0 Å². The van der Waals surface area contributed by atoms with Crippen LogP contribution in [0, 0.1) is 0 Å². The standard InChI is InChI=1S/C11H10Cl2OSi/c12-15(13)14-8-10-6-3-5-9-4-1-2-7-11(9)10/h1-7,15H,8H2. The Bertz CT molecular complexity index is 454. The molecule has 2 rings (SSSR count). The first-order chi connectivity index (χ1) is 7.27. The third kappa shape index (κ3) is 2.73. The Kier molecular flexibility index (Phi) is 3.65. The van der Waals surface area contributed by atoms with Crippen LogP contribution in [0.25, 0.3) is 10.8 Å². The molecule has 0 aliphatic carbocycles. The van der Waals surface area contributed by atoms with Gasteiger partial charge in [-0.3, -0.25) is 0 Å². The molecule has 0 bridgehead atoms. The molecule has 0 fully saturated rings. The summed E-state index contributed by atoms with van der Waals surface area (Å²) in [7, 11) is -1.98. The molecule has 0 heterocycles. The van der Waals surface area contributed by atoms with Crippen molar-refractivity contribution >= 4 is 40.6 Å². The minimum atomic E-state index is -1.98. The Labute approximate surface area is 99.7 Å². The average molecular weight is 257 g/mol. The van der Waals surface area contributed by atoms with Gasteiger partial charge in [-0.25, -0.2) is 0 Å². The Morgan fingerprint density at radius 2 is 1.73 bits per heavy atom. The number of hydrogen-bond donors (Lipinski definition) is 0. The van der Waals surface area contributed by atoms with Gasteiger partial charge in [-0.15, -0.1) is 22.2 Å². The van der Waals surface area contributed by atoms with Crippen LogP contribution < -0.4 is 0 Å². The molecule has 15 heavy (non-hydrogen) atoms. The molecule has 0 radical (unpaired) electrons. The van der Waals surface area contributed by atoms with Crippen LogP contribution in [-0.2, 0) is 11.0 Å². The zero-order valence-electron chi connectivity index (χ0n) is 7.99. The first-order valence-electron chi connectivity index (χ1n) is 4.64. The fraction of sp³-hybridized carbons (Fsp3) is 0.0909. The minimum Gasteiger partial charge on any atom is -0.390 e. The fourth-order valence-electron chi connectivity index (χ4n) is 1.57. The molecule has 0 aliphatic rings. The maximum absolute atomic E-state index is 5.66. The van der Waals surface area contributed by atoms with Crippen molar-refractivity contribution in [1.29, 1.82) is 0 Å². The lowest BCUT2D eigenvalue weighted by Crippen LogP contribution is -2.02. The highest BCUT2D eigenvalue weighted by Crippen LogP contribution is 2.19. The molecule has 0 spiro atoms. The number of benzene rings is 2. The number of hydrogen-bond acceptors (Lipinski definition) is 1. The molecule has 2 aromatic carbocycles. The maximum atomic E-state index is 5.66. The Hall–Kier alpha value is -0.543. The number of fused-ring (bicyclic) bond motifs is 1. The van der Waals surface area contributed by atoms with Crippen molar-refractivity contribution in [2.45, 2.75) is 6.61 Å². The van der Waals surface area contributed by atoms with Gasteiger partial charge in [-0.2, -0.15) is 0 Å². The van der Waals surface area contributed by atoms with Crippen molar-refractivity contribution in [3.05, 3.63) is 48.0 Å². The first-order valence-corrected chi connectivity index (χ1v) is 8.60. The van der Waals surface area contributed by atoms with Gasteiger partial charge in [-0.05, 0) is 16.3 Å². The van der Waals surface area contributed by atoms with Crippen LogP contribution >= 0.6 is 22.2 Å². The summed E-state index contributed by atoms with van der Waals surface area (Å²) in [5.74, 6) is 0. The van der Waals surface area contributed by atoms with Gasteiger partial charge < -0.3 is 4.43 Å². The molecule has 78 valence electrons. The third-order valence-corrected chi connectivity index (χ3v) is 3.42. The first kappa shape index (κ1) is 11.0. The van der Waals surface area contributed by atoms with Crippen LogP contribution in [0.4, 0.5) is 0 Å². The monoisotopic (exact) mass is 256 g/mol. The summed E-state index contributed by atoms with van der Waals surface area (Å²) < 4.78 is 5.31. The normalized spacial score (nSPS) is 11.1. The smallest absolute Gasteiger partial charge is 0.373 e. The lowest BCUT2D eigenvalue weighted by molar-refractivity contribution is 0.331. The largest absolute Gasteiger partial charge is 0.390 e. The van der Waals surface area contributed by atoms with E-state index >= 15 is 0 Å². The van der Waals surface area contributed by atoms with E-state index in [4.69, 9.17) is 26.6 Å². The second kappa shape index (κ2) is 4.99. The summed E-state index contributed by atoms with van der Waals surface area (Å²) >= 11 is 11.3. The lowest BCUT2D eigenvalue weighted by atomic mass is 10.1. The van der Waals surface area contributed by atoms with Crippen molar-refractivity contribution in [3.8, 4) is 0 Å². The molecule has 1 nitrogen and oxygen atoms in total. The highest BCUT2D eigenvalue weighted by molar-refractivity contribution is 7.30. The van der Waals surface area contributed by atoms with Crippen LogP contribution in [-0.4, -0.2) is 7.66 Å². The molecule has 0 N–H and O–H groups in total. The van der Waals surface area contributed by atoms with Crippen molar-refractivity contribution < 1.29 is 4.43 Å². The van der Waals surface area contributed by atoms with Crippen LogP contribution in [0.3, 0.4) is 0 Å². The minimum absolute atomic E-state index is 0.491. The average Bonchev–Trinajstić information content (AvgIpc) is 2.26. The van der Waals surface area contributed by atoms with Gasteiger partial charge in [0.05, 0.1) is 6.61 Å². The van der Waals surface area contributed by atoms with Crippen LogP contribution in [0.5, 0.6) is 0 Å². The van der Waals surface area contributed by atoms with E-state index in [9.17, 15) is 0 Å². The lowest BCUT2D eigenvalue weighted by Gasteiger charge is -2.07. The predicted molar refractivity (Wildman–Crippen MR) is 67.6 cm³/mol. The van der Waals surface area contributed by atoms with E-state index in [1.54, 1.807) is 0 Å². The van der Waals surface area contributed by atoms with Gasteiger partial charge in [0.15, 0.2) is 0 Å². The van der Waals surface area contributed by atoms with E-state index in [2.05, 4.69) is 18.2 Å². The van der Waals surface area contributed by atoms with Gasteiger partial charge in [0.2, 0.25) is 0 Å². The second-order valence-electron chi connectivity index (χ2n) is 3.21. The molecule has 0 saturated carbocycles. The van der Waals surface area contributed by atoms with E-state index in [1.165, 1.54) is 10.8 Å². The molecule has 0 atom stereocenters. The molecule has 0 saturated heterocycles. The summed E-state index contributed by atoms with van der Waals surface area (Å²) in [6.45, 7) is 0.491. The van der Waals surface area contributed by atoms with Crippen LogP contribution in [0.2, 0.25) is 0 Å². The third-order valence-electron chi connectivity index (χ3n) is 2.24. The van der Waals surface area contributed by atoms with Crippen LogP contribution in [0.1, 0.15) is 5.56 Å². The summed E-state index contributed by atoms with van der Waals surface area (Å²) in [6.07, 6.45) is 0.